The number of amides is 3. The number of fused-ring (bicyclic) bond motifs is 1. The third-order valence-corrected chi connectivity index (χ3v) is 5.19. The van der Waals surface area contributed by atoms with Crippen molar-refractivity contribution in [2.75, 3.05) is 11.9 Å². The number of nitrogens with one attached hydrogen (secondary N) is 2. The van der Waals surface area contributed by atoms with Gasteiger partial charge in [-0.3, -0.25) is 9.48 Å². The number of aromatic nitrogens is 2. The number of anilines is 1. The molecule has 28 heavy (non-hydrogen) atoms. The topological polar surface area (TPSA) is 79.3 Å². The SMILES string of the molecule is C[C@H]1Cn2ncc(C3CCNC3=O)c2CN1C(=O)Nc1cc(F)c(F)c(F)c1.[HH].[HH]. The smallest absolute Gasteiger partial charge is 0.322 e. The van der Waals surface area contributed by atoms with Gasteiger partial charge in [0.05, 0.1) is 36.9 Å². The molecule has 7 nitrogen and oxygen atoms in total. The van der Waals surface area contributed by atoms with Gasteiger partial charge in [-0.15, -0.1) is 0 Å². The van der Waals surface area contributed by atoms with Crippen LogP contribution in [-0.4, -0.2) is 39.2 Å². The van der Waals surface area contributed by atoms with Crippen molar-refractivity contribution in [3.05, 3.63) is 47.0 Å². The number of hydrogen-bond acceptors (Lipinski definition) is 3. The molecule has 0 saturated carbocycles. The Morgan fingerprint density at radius 2 is 2.04 bits per heavy atom. The average molecular weight is 397 g/mol. The highest BCUT2D eigenvalue weighted by molar-refractivity contribution is 5.90. The maximum Gasteiger partial charge on any atom is 0.322 e. The summed E-state index contributed by atoms with van der Waals surface area (Å²) in [6.07, 6.45) is 2.32. The van der Waals surface area contributed by atoms with E-state index in [4.69, 9.17) is 0 Å². The van der Waals surface area contributed by atoms with Crippen molar-refractivity contribution in [3.63, 3.8) is 0 Å². The number of rotatable bonds is 2. The van der Waals surface area contributed by atoms with E-state index in [0.29, 0.717) is 19.5 Å². The third kappa shape index (κ3) is 3.08. The van der Waals surface area contributed by atoms with Gasteiger partial charge >= 0.3 is 6.03 Å². The van der Waals surface area contributed by atoms with Crippen LogP contribution in [0.5, 0.6) is 0 Å². The van der Waals surface area contributed by atoms with Crippen LogP contribution in [0.2, 0.25) is 0 Å². The molecule has 1 fully saturated rings. The van der Waals surface area contributed by atoms with Crippen molar-refractivity contribution in [1.82, 2.24) is 20.0 Å². The van der Waals surface area contributed by atoms with Crippen LogP contribution in [0.4, 0.5) is 23.7 Å². The molecular weight excluding hydrogens is 375 g/mol. The summed E-state index contributed by atoms with van der Waals surface area (Å²) in [5, 5.41) is 9.52. The number of benzene rings is 1. The Bertz CT molecular complexity index is 948. The molecule has 0 spiro atoms. The summed E-state index contributed by atoms with van der Waals surface area (Å²) >= 11 is 0. The molecular formula is C18H22F3N5O2. The van der Waals surface area contributed by atoms with Gasteiger partial charge in [0.2, 0.25) is 5.91 Å². The number of nitrogens with zero attached hydrogens (tertiary/aromatic N) is 3. The number of halogens is 3. The van der Waals surface area contributed by atoms with Crippen LogP contribution < -0.4 is 10.6 Å². The molecule has 1 unspecified atom stereocenters. The monoisotopic (exact) mass is 397 g/mol. The summed E-state index contributed by atoms with van der Waals surface area (Å²) in [6, 6.07) is 0.632. The van der Waals surface area contributed by atoms with Gasteiger partial charge < -0.3 is 15.5 Å². The first kappa shape index (κ1) is 18.3. The van der Waals surface area contributed by atoms with Crippen molar-refractivity contribution in [1.29, 1.82) is 0 Å². The van der Waals surface area contributed by atoms with Crippen LogP contribution in [0.25, 0.3) is 0 Å². The van der Waals surface area contributed by atoms with Crippen molar-refractivity contribution >= 4 is 17.6 Å². The molecule has 10 heteroatoms. The number of hydrogen-bond donors (Lipinski definition) is 2. The molecule has 2 aromatic rings. The lowest BCUT2D eigenvalue weighted by Crippen LogP contribution is -2.47. The lowest BCUT2D eigenvalue weighted by Gasteiger charge is -2.34. The summed E-state index contributed by atoms with van der Waals surface area (Å²) < 4.78 is 41.7. The highest BCUT2D eigenvalue weighted by Crippen LogP contribution is 2.30. The number of carbonyl (C=O) groups is 2. The summed E-state index contributed by atoms with van der Waals surface area (Å²) in [5.74, 6) is -4.72. The summed E-state index contributed by atoms with van der Waals surface area (Å²) in [4.78, 5) is 26.2. The fourth-order valence-corrected chi connectivity index (χ4v) is 3.70. The molecule has 152 valence electrons. The maximum absolute atomic E-state index is 13.4. The van der Waals surface area contributed by atoms with E-state index < -0.39 is 23.5 Å². The summed E-state index contributed by atoms with van der Waals surface area (Å²) in [7, 11) is 0. The Balaban J connectivity index is 0.00000160. The molecule has 0 aliphatic carbocycles. The van der Waals surface area contributed by atoms with Crippen LogP contribution in [0, 0.1) is 17.5 Å². The van der Waals surface area contributed by atoms with Gasteiger partial charge in [0.15, 0.2) is 17.5 Å². The average Bonchev–Trinajstić information content (AvgIpc) is 3.24. The highest BCUT2D eigenvalue weighted by atomic mass is 19.2. The van der Waals surface area contributed by atoms with Gasteiger partial charge in [-0.2, -0.15) is 5.10 Å². The Kier molecular flexibility index (Phi) is 4.48. The molecule has 4 rings (SSSR count). The van der Waals surface area contributed by atoms with E-state index in [1.54, 1.807) is 10.9 Å². The maximum atomic E-state index is 13.4. The van der Waals surface area contributed by atoms with Crippen molar-refractivity contribution in [3.8, 4) is 0 Å². The standard InChI is InChI=1S/C18H18F3N5O2.2H2/c1-9-7-26-15(12(6-23-26)11-2-3-22-17(11)27)8-25(9)18(28)24-10-4-13(19)16(21)14(20)5-10;;/h4-6,9,11H,2-3,7-8H2,1H3,(H,22,27)(H,24,28);2*1H/t9-,11?;;/m0../s1. The second-order valence-corrected chi connectivity index (χ2v) is 7.02. The zero-order chi connectivity index (χ0) is 20.0. The second-order valence-electron chi connectivity index (χ2n) is 7.02. The van der Waals surface area contributed by atoms with Gasteiger partial charge in [0, 0.05) is 32.8 Å². The lowest BCUT2D eigenvalue weighted by molar-refractivity contribution is -0.120. The fourth-order valence-electron chi connectivity index (χ4n) is 3.70. The van der Waals surface area contributed by atoms with Crippen molar-refractivity contribution in [2.24, 2.45) is 0 Å². The summed E-state index contributed by atoms with van der Waals surface area (Å²) in [6.45, 7) is 3.02. The normalized spacial score (nSPS) is 21.4. The van der Waals surface area contributed by atoms with Gasteiger partial charge in [0.1, 0.15) is 0 Å². The van der Waals surface area contributed by atoms with Crippen LogP contribution in [0.3, 0.4) is 0 Å². The fraction of sp³-hybridized carbons (Fsp3) is 0.389. The van der Waals surface area contributed by atoms with Crippen LogP contribution in [0.15, 0.2) is 18.3 Å². The summed E-state index contributed by atoms with van der Waals surface area (Å²) in [5.41, 5.74) is 1.36. The van der Waals surface area contributed by atoms with Gasteiger partial charge in [-0.1, -0.05) is 0 Å². The van der Waals surface area contributed by atoms with E-state index in [0.717, 1.165) is 23.4 Å². The third-order valence-electron chi connectivity index (χ3n) is 5.19. The number of carbonyl (C=O) groups excluding carboxylic acids is 2. The first-order chi connectivity index (χ1) is 13.3. The zero-order valence-corrected chi connectivity index (χ0v) is 15.0. The van der Waals surface area contributed by atoms with Crippen LogP contribution >= 0.6 is 0 Å². The minimum Gasteiger partial charge on any atom is -0.356 e. The second kappa shape index (κ2) is 6.84. The van der Waals surface area contributed by atoms with E-state index in [9.17, 15) is 22.8 Å². The molecule has 0 radical (unpaired) electrons. The molecule has 2 aliphatic heterocycles. The van der Waals surface area contributed by atoms with Gasteiger partial charge in [-0.25, -0.2) is 18.0 Å². The quantitative estimate of drug-likeness (QED) is 0.765. The van der Waals surface area contributed by atoms with E-state index in [2.05, 4.69) is 15.7 Å². The molecule has 2 atom stereocenters. The minimum atomic E-state index is -1.59. The van der Waals surface area contributed by atoms with E-state index in [-0.39, 0.29) is 33.0 Å². The largest absolute Gasteiger partial charge is 0.356 e. The predicted octanol–water partition coefficient (Wildman–Crippen LogP) is 2.83. The molecule has 2 N–H and O–H groups in total. The number of urea groups is 1. The van der Waals surface area contributed by atoms with Gasteiger partial charge in [0.25, 0.3) is 0 Å². The Hall–Kier alpha value is -3.04. The van der Waals surface area contributed by atoms with Gasteiger partial charge in [-0.05, 0) is 13.3 Å². The Morgan fingerprint density at radius 1 is 1.32 bits per heavy atom. The van der Waals surface area contributed by atoms with Crippen LogP contribution in [0.1, 0.15) is 33.4 Å². The first-order valence-electron chi connectivity index (χ1n) is 8.89. The lowest BCUT2D eigenvalue weighted by atomic mass is 9.97. The molecule has 2 aliphatic rings. The van der Waals surface area contributed by atoms with E-state index in [1.165, 1.54) is 4.90 Å². The Morgan fingerprint density at radius 3 is 2.68 bits per heavy atom. The highest BCUT2D eigenvalue weighted by Gasteiger charge is 2.35. The van der Waals surface area contributed by atoms with E-state index in [1.807, 2.05) is 6.92 Å². The molecule has 3 amide bonds. The van der Waals surface area contributed by atoms with Crippen LogP contribution in [-0.2, 0) is 17.9 Å². The molecule has 1 aromatic heterocycles. The zero-order valence-electron chi connectivity index (χ0n) is 15.0. The first-order valence-corrected chi connectivity index (χ1v) is 8.89. The predicted molar refractivity (Wildman–Crippen MR) is 97.2 cm³/mol. The molecule has 3 heterocycles. The Labute approximate surface area is 161 Å². The van der Waals surface area contributed by atoms with Crippen molar-refractivity contribution < 1.29 is 25.6 Å². The van der Waals surface area contributed by atoms with E-state index >= 15 is 0 Å². The minimum absolute atomic E-state index is 0. The van der Waals surface area contributed by atoms with Crippen molar-refractivity contribution in [2.45, 2.75) is 38.4 Å². The molecule has 1 saturated heterocycles. The molecule has 1 aromatic carbocycles. The molecule has 0 bridgehead atoms.